The van der Waals surface area contributed by atoms with Crippen LogP contribution in [0, 0.1) is 5.41 Å². The Hall–Kier alpha value is -0.160. The molecule has 0 saturated carbocycles. The molecule has 0 aromatic heterocycles. The van der Waals surface area contributed by atoms with Gasteiger partial charge < -0.3 is 15.0 Å². The molecule has 0 spiro atoms. The molecule has 1 N–H and O–H groups in total. The molecule has 0 aromatic carbocycles. The first-order valence-electron chi connectivity index (χ1n) is 9.06. The van der Waals surface area contributed by atoms with Crippen molar-refractivity contribution in [3.63, 3.8) is 0 Å². The molecule has 0 aliphatic carbocycles. The van der Waals surface area contributed by atoms with Crippen LogP contribution >= 0.6 is 0 Å². The molecule has 3 aliphatic rings. The molecule has 2 atom stereocenters. The summed E-state index contributed by atoms with van der Waals surface area (Å²) in [5.74, 6) is 0. The van der Waals surface area contributed by atoms with Gasteiger partial charge in [-0.25, -0.2) is 0 Å². The Kier molecular flexibility index (Phi) is 5.54. The summed E-state index contributed by atoms with van der Waals surface area (Å²) in [7, 11) is 0. The van der Waals surface area contributed by atoms with Crippen LogP contribution in [0.3, 0.4) is 0 Å². The van der Waals surface area contributed by atoms with Crippen molar-refractivity contribution in [3.05, 3.63) is 0 Å². The first-order chi connectivity index (χ1) is 10.3. The van der Waals surface area contributed by atoms with Gasteiger partial charge in [-0.05, 0) is 58.3 Å². The van der Waals surface area contributed by atoms with E-state index in [1.54, 1.807) is 0 Å². The van der Waals surface area contributed by atoms with Crippen molar-refractivity contribution < 1.29 is 4.74 Å². The van der Waals surface area contributed by atoms with Crippen molar-refractivity contribution in [2.24, 2.45) is 5.41 Å². The van der Waals surface area contributed by atoms with Crippen LogP contribution in [0.15, 0.2) is 0 Å². The molecule has 3 heterocycles. The summed E-state index contributed by atoms with van der Waals surface area (Å²) in [5.41, 5.74) is 0.349. The number of fused-ring (bicyclic) bond motifs is 1. The molecule has 3 fully saturated rings. The Balaban J connectivity index is 1.61. The number of rotatable bonds is 5. The predicted molar refractivity (Wildman–Crippen MR) is 86.7 cm³/mol. The number of nitrogens with zero attached hydrogens (tertiary/aromatic N) is 2. The zero-order valence-corrected chi connectivity index (χ0v) is 13.8. The Bertz CT molecular complexity index is 317. The smallest absolute Gasteiger partial charge is 0.0546 e. The molecule has 0 amide bonds. The standard InChI is InChI=1S/C17H33N3O/c1-2-18-13-17(7-4-11-21-15-17)14-19-8-5-10-20-9-3-6-16(20)12-19/h16,18H,2-15H2,1H3. The highest BCUT2D eigenvalue weighted by Crippen LogP contribution is 2.31. The topological polar surface area (TPSA) is 27.7 Å². The third-order valence-electron chi connectivity index (χ3n) is 5.60. The monoisotopic (exact) mass is 295 g/mol. The summed E-state index contributed by atoms with van der Waals surface area (Å²) < 4.78 is 5.86. The van der Waals surface area contributed by atoms with E-state index in [-0.39, 0.29) is 0 Å². The summed E-state index contributed by atoms with van der Waals surface area (Å²) in [6.45, 7) is 12.8. The van der Waals surface area contributed by atoms with E-state index in [9.17, 15) is 0 Å². The first kappa shape index (κ1) is 15.7. The molecular formula is C17H33N3O. The summed E-state index contributed by atoms with van der Waals surface area (Å²) in [4.78, 5) is 5.48. The highest BCUT2D eigenvalue weighted by atomic mass is 16.5. The average molecular weight is 295 g/mol. The third kappa shape index (κ3) is 3.98. The van der Waals surface area contributed by atoms with E-state index in [4.69, 9.17) is 4.74 Å². The summed E-state index contributed by atoms with van der Waals surface area (Å²) in [5, 5.41) is 3.59. The van der Waals surface area contributed by atoms with E-state index in [2.05, 4.69) is 22.0 Å². The van der Waals surface area contributed by atoms with Gasteiger partial charge in [0, 0.05) is 37.7 Å². The van der Waals surface area contributed by atoms with Gasteiger partial charge in [-0.3, -0.25) is 4.90 Å². The zero-order chi connectivity index (χ0) is 14.5. The zero-order valence-electron chi connectivity index (χ0n) is 13.8. The van der Waals surface area contributed by atoms with Crippen LogP contribution < -0.4 is 5.32 Å². The van der Waals surface area contributed by atoms with Crippen LogP contribution in [0.1, 0.15) is 39.0 Å². The van der Waals surface area contributed by atoms with Gasteiger partial charge in [0.25, 0.3) is 0 Å². The van der Waals surface area contributed by atoms with Gasteiger partial charge >= 0.3 is 0 Å². The maximum atomic E-state index is 5.86. The van der Waals surface area contributed by atoms with Crippen LogP contribution in [-0.2, 0) is 4.74 Å². The van der Waals surface area contributed by atoms with Crippen molar-refractivity contribution in [1.29, 1.82) is 0 Å². The Morgan fingerprint density at radius 3 is 2.90 bits per heavy atom. The molecule has 0 bridgehead atoms. The van der Waals surface area contributed by atoms with Crippen LogP contribution in [0.5, 0.6) is 0 Å². The van der Waals surface area contributed by atoms with E-state index in [0.717, 1.165) is 32.3 Å². The quantitative estimate of drug-likeness (QED) is 0.833. The molecule has 0 aromatic rings. The van der Waals surface area contributed by atoms with E-state index < -0.39 is 0 Å². The molecular weight excluding hydrogens is 262 g/mol. The molecule has 0 radical (unpaired) electrons. The van der Waals surface area contributed by atoms with Crippen LogP contribution in [0.25, 0.3) is 0 Å². The highest BCUT2D eigenvalue weighted by Gasteiger charge is 2.36. The molecule has 4 nitrogen and oxygen atoms in total. The predicted octanol–water partition coefficient (Wildman–Crippen LogP) is 1.56. The number of hydrogen-bond acceptors (Lipinski definition) is 4. The number of hydrogen-bond donors (Lipinski definition) is 1. The van der Waals surface area contributed by atoms with Crippen molar-refractivity contribution >= 4 is 0 Å². The van der Waals surface area contributed by atoms with E-state index in [1.165, 1.54) is 64.8 Å². The van der Waals surface area contributed by atoms with Crippen LogP contribution in [0.2, 0.25) is 0 Å². The van der Waals surface area contributed by atoms with E-state index >= 15 is 0 Å². The first-order valence-corrected chi connectivity index (χ1v) is 9.06. The fourth-order valence-electron chi connectivity index (χ4n) is 4.52. The van der Waals surface area contributed by atoms with Crippen molar-refractivity contribution in [1.82, 2.24) is 15.1 Å². The maximum absolute atomic E-state index is 5.86. The summed E-state index contributed by atoms with van der Waals surface area (Å²) in [6, 6.07) is 0.827. The molecule has 21 heavy (non-hydrogen) atoms. The summed E-state index contributed by atoms with van der Waals surface area (Å²) >= 11 is 0. The molecule has 122 valence electrons. The molecule has 3 aliphatic heterocycles. The lowest BCUT2D eigenvalue weighted by molar-refractivity contribution is -0.0266. The Morgan fingerprint density at radius 1 is 1.19 bits per heavy atom. The molecule has 3 saturated heterocycles. The fourth-order valence-corrected chi connectivity index (χ4v) is 4.52. The van der Waals surface area contributed by atoms with Gasteiger partial charge in [0.2, 0.25) is 0 Å². The van der Waals surface area contributed by atoms with Gasteiger partial charge in [0.15, 0.2) is 0 Å². The Labute approximate surface area is 130 Å². The lowest BCUT2D eigenvalue weighted by atomic mass is 9.81. The van der Waals surface area contributed by atoms with Gasteiger partial charge in [-0.15, -0.1) is 0 Å². The van der Waals surface area contributed by atoms with Crippen LogP contribution in [-0.4, -0.2) is 74.9 Å². The largest absolute Gasteiger partial charge is 0.381 e. The lowest BCUT2D eigenvalue weighted by Gasteiger charge is -2.41. The van der Waals surface area contributed by atoms with Crippen LogP contribution in [0.4, 0.5) is 0 Å². The van der Waals surface area contributed by atoms with E-state index in [0.29, 0.717) is 5.41 Å². The number of nitrogens with one attached hydrogen (secondary N) is 1. The molecule has 2 unspecified atom stereocenters. The number of ether oxygens (including phenoxy) is 1. The molecule has 3 rings (SSSR count). The van der Waals surface area contributed by atoms with E-state index in [1.807, 2.05) is 0 Å². The minimum atomic E-state index is 0.349. The van der Waals surface area contributed by atoms with Gasteiger partial charge in [0.05, 0.1) is 6.61 Å². The second-order valence-corrected chi connectivity index (χ2v) is 7.36. The lowest BCUT2D eigenvalue weighted by Crippen LogP contribution is -2.50. The second-order valence-electron chi connectivity index (χ2n) is 7.36. The van der Waals surface area contributed by atoms with Gasteiger partial charge in [-0.2, -0.15) is 0 Å². The SMILES string of the molecule is CCNCC1(CN2CCCN3CCCC3C2)CCCOC1. The Morgan fingerprint density at radius 2 is 2.10 bits per heavy atom. The maximum Gasteiger partial charge on any atom is 0.0546 e. The highest BCUT2D eigenvalue weighted by molar-refractivity contribution is 4.91. The second kappa shape index (κ2) is 7.40. The molecule has 4 heteroatoms. The minimum absolute atomic E-state index is 0.349. The minimum Gasteiger partial charge on any atom is -0.381 e. The normalized spacial score (nSPS) is 35.6. The van der Waals surface area contributed by atoms with Crippen molar-refractivity contribution in [2.45, 2.75) is 45.1 Å². The van der Waals surface area contributed by atoms with Crippen molar-refractivity contribution in [3.8, 4) is 0 Å². The fraction of sp³-hybridized carbons (Fsp3) is 1.00. The average Bonchev–Trinajstić information content (AvgIpc) is 2.85. The van der Waals surface area contributed by atoms with Gasteiger partial charge in [-0.1, -0.05) is 6.92 Å². The van der Waals surface area contributed by atoms with Crippen molar-refractivity contribution in [2.75, 3.05) is 59.0 Å². The summed E-state index contributed by atoms with van der Waals surface area (Å²) in [6.07, 6.45) is 6.71. The third-order valence-corrected chi connectivity index (χ3v) is 5.60. The van der Waals surface area contributed by atoms with Gasteiger partial charge in [0.1, 0.15) is 0 Å².